The van der Waals surface area contributed by atoms with Crippen molar-refractivity contribution in [2.45, 2.75) is 13.5 Å². The maximum absolute atomic E-state index is 4.18. The van der Waals surface area contributed by atoms with Gasteiger partial charge in [0.2, 0.25) is 0 Å². The number of hydrogen-bond acceptors (Lipinski definition) is 3. The maximum Gasteiger partial charge on any atom is 0.0471 e. The molecule has 0 saturated carbocycles. The van der Waals surface area contributed by atoms with Crippen molar-refractivity contribution in [3.63, 3.8) is 0 Å². The van der Waals surface area contributed by atoms with Crippen LogP contribution in [0.3, 0.4) is 0 Å². The average Bonchev–Trinajstić information content (AvgIpc) is 2.62. The summed E-state index contributed by atoms with van der Waals surface area (Å²) in [5.41, 5.74) is 5.12. The van der Waals surface area contributed by atoms with Crippen molar-refractivity contribution < 1.29 is 0 Å². The van der Waals surface area contributed by atoms with Crippen molar-refractivity contribution in [1.29, 1.82) is 0 Å². The first kappa shape index (κ1) is 11.2. The van der Waals surface area contributed by atoms with Crippen LogP contribution < -0.4 is 10.2 Å². The Labute approximate surface area is 107 Å². The van der Waals surface area contributed by atoms with Gasteiger partial charge in [-0.3, -0.25) is 4.98 Å². The molecule has 18 heavy (non-hydrogen) atoms. The van der Waals surface area contributed by atoms with Gasteiger partial charge in [0.1, 0.15) is 0 Å². The van der Waals surface area contributed by atoms with E-state index in [2.05, 4.69) is 52.5 Å². The summed E-state index contributed by atoms with van der Waals surface area (Å²) in [4.78, 5) is 6.56. The number of benzene rings is 1. The minimum Gasteiger partial charge on any atom is -0.340 e. The Kier molecular flexibility index (Phi) is 2.99. The van der Waals surface area contributed by atoms with Crippen LogP contribution in [0.5, 0.6) is 0 Å². The Balaban J connectivity index is 2.10. The third-order valence-electron chi connectivity index (χ3n) is 3.39. The number of aryl methyl sites for hydroxylation is 1. The number of rotatable bonds is 1. The number of hydrogen-bond donors (Lipinski definition) is 1. The van der Waals surface area contributed by atoms with E-state index in [1.807, 2.05) is 12.4 Å². The van der Waals surface area contributed by atoms with Gasteiger partial charge in [0.15, 0.2) is 0 Å². The molecule has 0 spiro atoms. The molecule has 1 aliphatic rings. The number of nitrogens with one attached hydrogen (secondary N) is 1. The van der Waals surface area contributed by atoms with Crippen molar-refractivity contribution in [2.75, 3.05) is 18.0 Å². The molecule has 1 aromatic carbocycles. The second kappa shape index (κ2) is 4.78. The highest BCUT2D eigenvalue weighted by atomic mass is 15.2. The molecular weight excluding hydrogens is 222 g/mol. The van der Waals surface area contributed by atoms with E-state index in [1.165, 1.54) is 22.5 Å². The number of nitrogens with zero attached hydrogens (tertiary/aromatic N) is 2. The lowest BCUT2D eigenvalue weighted by atomic mass is 10.1. The molecule has 3 nitrogen and oxygen atoms in total. The minimum absolute atomic E-state index is 0.941. The molecule has 3 rings (SSSR count). The van der Waals surface area contributed by atoms with Crippen molar-refractivity contribution >= 4 is 11.4 Å². The van der Waals surface area contributed by atoms with Crippen LogP contribution in [0.25, 0.3) is 0 Å². The predicted octanol–water partition coefficient (Wildman–Crippen LogP) is 2.63. The van der Waals surface area contributed by atoms with Crippen LogP contribution in [-0.2, 0) is 6.54 Å². The van der Waals surface area contributed by atoms with Gasteiger partial charge in [-0.1, -0.05) is 18.2 Å². The van der Waals surface area contributed by atoms with E-state index < -0.39 is 0 Å². The lowest BCUT2D eigenvalue weighted by Crippen LogP contribution is -2.25. The molecule has 1 aliphatic heterocycles. The smallest absolute Gasteiger partial charge is 0.0471 e. The van der Waals surface area contributed by atoms with Crippen LogP contribution in [0, 0.1) is 6.92 Å². The Hall–Kier alpha value is -1.87. The van der Waals surface area contributed by atoms with E-state index in [9.17, 15) is 0 Å². The summed E-state index contributed by atoms with van der Waals surface area (Å²) in [5.74, 6) is 0. The van der Waals surface area contributed by atoms with Gasteiger partial charge in [0.05, 0.1) is 0 Å². The van der Waals surface area contributed by atoms with Crippen LogP contribution >= 0.6 is 0 Å². The summed E-state index contributed by atoms with van der Waals surface area (Å²) in [6, 6.07) is 10.7. The van der Waals surface area contributed by atoms with E-state index in [0.29, 0.717) is 0 Å². The van der Waals surface area contributed by atoms with E-state index in [-0.39, 0.29) is 0 Å². The van der Waals surface area contributed by atoms with Crippen molar-refractivity contribution in [2.24, 2.45) is 0 Å². The van der Waals surface area contributed by atoms with E-state index in [4.69, 9.17) is 0 Å². The van der Waals surface area contributed by atoms with Gasteiger partial charge >= 0.3 is 0 Å². The number of anilines is 2. The number of pyridine rings is 1. The molecule has 3 heteroatoms. The molecule has 92 valence electrons. The zero-order valence-electron chi connectivity index (χ0n) is 10.6. The fraction of sp³-hybridized carbons (Fsp3) is 0.267. The maximum atomic E-state index is 4.18. The monoisotopic (exact) mass is 239 g/mol. The van der Waals surface area contributed by atoms with Gasteiger partial charge in [-0.2, -0.15) is 0 Å². The van der Waals surface area contributed by atoms with Crippen LogP contribution in [0.15, 0.2) is 42.7 Å². The number of para-hydroxylation sites is 1. The molecule has 0 fully saturated rings. The zero-order chi connectivity index (χ0) is 12.4. The lowest BCUT2D eigenvalue weighted by molar-refractivity contribution is 0.712. The molecule has 0 saturated heterocycles. The van der Waals surface area contributed by atoms with Crippen LogP contribution in [0.2, 0.25) is 0 Å². The SMILES string of the molecule is Cc1cnccc1N1CCNCc2ccccc21. The topological polar surface area (TPSA) is 28.2 Å². The van der Waals surface area contributed by atoms with Crippen molar-refractivity contribution in [3.05, 3.63) is 53.9 Å². The highest BCUT2D eigenvalue weighted by molar-refractivity contribution is 5.68. The van der Waals surface area contributed by atoms with E-state index in [1.54, 1.807) is 0 Å². The number of fused-ring (bicyclic) bond motifs is 1. The first-order chi connectivity index (χ1) is 8.86. The fourth-order valence-electron chi connectivity index (χ4n) is 2.48. The molecule has 1 aromatic heterocycles. The Morgan fingerprint density at radius 2 is 2.06 bits per heavy atom. The molecule has 0 unspecified atom stereocenters. The number of aromatic nitrogens is 1. The molecule has 0 radical (unpaired) electrons. The Morgan fingerprint density at radius 3 is 2.94 bits per heavy atom. The second-order valence-corrected chi connectivity index (χ2v) is 4.62. The summed E-state index contributed by atoms with van der Waals surface area (Å²) < 4.78 is 0. The molecular formula is C15H17N3. The third-order valence-corrected chi connectivity index (χ3v) is 3.39. The second-order valence-electron chi connectivity index (χ2n) is 4.62. The van der Waals surface area contributed by atoms with Gasteiger partial charge in [0.25, 0.3) is 0 Å². The van der Waals surface area contributed by atoms with Crippen LogP contribution in [0.1, 0.15) is 11.1 Å². The minimum atomic E-state index is 0.941. The normalized spacial score (nSPS) is 15.1. The molecule has 0 atom stereocenters. The third kappa shape index (κ3) is 1.97. The Bertz CT molecular complexity index is 551. The largest absolute Gasteiger partial charge is 0.340 e. The fourth-order valence-corrected chi connectivity index (χ4v) is 2.48. The van der Waals surface area contributed by atoms with Gasteiger partial charge < -0.3 is 10.2 Å². The van der Waals surface area contributed by atoms with Crippen LogP contribution in [-0.4, -0.2) is 18.1 Å². The zero-order valence-corrected chi connectivity index (χ0v) is 10.6. The van der Waals surface area contributed by atoms with E-state index >= 15 is 0 Å². The summed E-state index contributed by atoms with van der Waals surface area (Å²) in [5, 5.41) is 3.47. The quantitative estimate of drug-likeness (QED) is 0.829. The molecule has 0 aliphatic carbocycles. The summed E-state index contributed by atoms with van der Waals surface area (Å²) in [7, 11) is 0. The van der Waals surface area contributed by atoms with Gasteiger partial charge in [-0.05, 0) is 30.2 Å². The highest BCUT2D eigenvalue weighted by Crippen LogP contribution is 2.31. The Morgan fingerprint density at radius 1 is 1.17 bits per heavy atom. The summed E-state index contributed by atoms with van der Waals surface area (Å²) in [6.45, 7) is 5.04. The van der Waals surface area contributed by atoms with Gasteiger partial charge in [0, 0.05) is 43.4 Å². The molecule has 1 N–H and O–H groups in total. The van der Waals surface area contributed by atoms with Gasteiger partial charge in [-0.15, -0.1) is 0 Å². The first-order valence-corrected chi connectivity index (χ1v) is 6.33. The van der Waals surface area contributed by atoms with E-state index in [0.717, 1.165) is 19.6 Å². The first-order valence-electron chi connectivity index (χ1n) is 6.33. The lowest BCUT2D eigenvalue weighted by Gasteiger charge is -2.26. The highest BCUT2D eigenvalue weighted by Gasteiger charge is 2.17. The molecule has 0 bridgehead atoms. The van der Waals surface area contributed by atoms with Crippen molar-refractivity contribution in [1.82, 2.24) is 10.3 Å². The van der Waals surface area contributed by atoms with Gasteiger partial charge in [-0.25, -0.2) is 0 Å². The molecule has 2 heterocycles. The predicted molar refractivity (Wildman–Crippen MR) is 74.1 cm³/mol. The van der Waals surface area contributed by atoms with Crippen LogP contribution in [0.4, 0.5) is 11.4 Å². The van der Waals surface area contributed by atoms with Crippen molar-refractivity contribution in [3.8, 4) is 0 Å². The molecule has 0 amide bonds. The summed E-state index contributed by atoms with van der Waals surface area (Å²) in [6.07, 6.45) is 3.79. The molecule has 2 aromatic rings. The summed E-state index contributed by atoms with van der Waals surface area (Å²) >= 11 is 0. The standard InChI is InChI=1S/C15H17N3/c1-12-10-16-7-6-14(12)18-9-8-17-11-13-4-2-3-5-15(13)18/h2-7,10,17H,8-9,11H2,1H3. The average molecular weight is 239 g/mol.